The molecule has 1 aliphatic heterocycles. The van der Waals surface area contributed by atoms with E-state index < -0.39 is 0 Å². The number of likely N-dealkylation sites (tertiary alicyclic amines) is 1. The highest BCUT2D eigenvalue weighted by Gasteiger charge is 2.30. The monoisotopic (exact) mass is 323 g/mol. The van der Waals surface area contributed by atoms with E-state index in [2.05, 4.69) is 6.92 Å². The zero-order valence-corrected chi connectivity index (χ0v) is 14.3. The first-order valence-electron chi connectivity index (χ1n) is 9.17. The van der Waals surface area contributed by atoms with Gasteiger partial charge in [0.25, 0.3) is 5.91 Å². The first-order valence-corrected chi connectivity index (χ1v) is 9.17. The molecule has 1 saturated carbocycles. The maximum Gasteiger partial charge on any atom is 0.272 e. The molecule has 1 aromatic heterocycles. The first kappa shape index (κ1) is 15.4. The lowest BCUT2D eigenvalue weighted by molar-refractivity contribution is 0.0751. The Kier molecular flexibility index (Phi) is 4.13. The number of benzene rings is 1. The fourth-order valence-electron chi connectivity index (χ4n) is 3.52. The molecule has 2 aromatic rings. The molecule has 2 fully saturated rings. The normalized spacial score (nSPS) is 21.5. The van der Waals surface area contributed by atoms with Gasteiger partial charge in [-0.15, -0.1) is 0 Å². The Bertz CT molecular complexity index is 718. The summed E-state index contributed by atoms with van der Waals surface area (Å²) < 4.78 is 1.85. The van der Waals surface area contributed by atoms with Crippen molar-refractivity contribution in [3.63, 3.8) is 0 Å². The fraction of sp³-hybridized carbons (Fsp3) is 0.500. The molecule has 24 heavy (non-hydrogen) atoms. The molecule has 0 radical (unpaired) electrons. The van der Waals surface area contributed by atoms with Crippen LogP contribution in [0, 0.1) is 5.92 Å². The van der Waals surface area contributed by atoms with E-state index in [0.717, 1.165) is 43.0 Å². The van der Waals surface area contributed by atoms with E-state index >= 15 is 0 Å². The molecular formula is C20H25N3O. The summed E-state index contributed by atoms with van der Waals surface area (Å²) in [4.78, 5) is 15.2. The first-order chi connectivity index (χ1) is 11.7. The van der Waals surface area contributed by atoms with Gasteiger partial charge in [-0.1, -0.05) is 25.1 Å². The molecule has 0 bridgehead atoms. The molecule has 1 aromatic carbocycles. The van der Waals surface area contributed by atoms with Crippen LogP contribution in [0.3, 0.4) is 0 Å². The van der Waals surface area contributed by atoms with E-state index in [0.29, 0.717) is 11.8 Å². The highest BCUT2D eigenvalue weighted by molar-refractivity contribution is 5.93. The van der Waals surface area contributed by atoms with Gasteiger partial charge in [-0.2, -0.15) is 5.10 Å². The minimum atomic E-state index is 0.132. The quantitative estimate of drug-likeness (QED) is 0.856. The van der Waals surface area contributed by atoms with Gasteiger partial charge in [0.05, 0.1) is 11.4 Å². The molecule has 2 heterocycles. The molecule has 2 aliphatic rings. The van der Waals surface area contributed by atoms with Crippen LogP contribution in [0.4, 0.5) is 0 Å². The second-order valence-electron chi connectivity index (χ2n) is 7.30. The lowest BCUT2D eigenvalue weighted by atomic mass is 10.0. The molecule has 4 heteroatoms. The van der Waals surface area contributed by atoms with Crippen LogP contribution in [0.15, 0.2) is 36.4 Å². The van der Waals surface area contributed by atoms with E-state index in [1.165, 1.54) is 19.3 Å². The molecular weight excluding hydrogens is 298 g/mol. The van der Waals surface area contributed by atoms with E-state index in [4.69, 9.17) is 5.10 Å². The van der Waals surface area contributed by atoms with Crippen LogP contribution in [0.5, 0.6) is 0 Å². The molecule has 4 rings (SSSR count). The number of hydrogen-bond donors (Lipinski definition) is 0. The SMILES string of the molecule is C[C@H]1CCCN(C(=O)c2cc(C3CC3)nn2-c2ccccc2)CC1. The van der Waals surface area contributed by atoms with Crippen molar-refractivity contribution in [1.29, 1.82) is 0 Å². The number of aromatic nitrogens is 2. The van der Waals surface area contributed by atoms with Gasteiger partial charge in [0, 0.05) is 19.0 Å². The van der Waals surface area contributed by atoms with E-state index in [1.807, 2.05) is 46.0 Å². The van der Waals surface area contributed by atoms with Crippen LogP contribution in [0.1, 0.15) is 61.1 Å². The van der Waals surface area contributed by atoms with E-state index in [-0.39, 0.29) is 5.91 Å². The topological polar surface area (TPSA) is 38.1 Å². The Morgan fingerprint density at radius 1 is 1.08 bits per heavy atom. The standard InChI is InChI=1S/C20H25N3O/c1-15-6-5-12-22(13-11-15)20(24)19-14-18(16-9-10-16)21-23(19)17-7-3-2-4-8-17/h2-4,7-8,14-16H,5-6,9-13H2,1H3/t15-/m0/s1. The molecule has 126 valence electrons. The van der Waals surface area contributed by atoms with Crippen molar-refractivity contribution in [2.75, 3.05) is 13.1 Å². The van der Waals surface area contributed by atoms with Gasteiger partial charge in [0.2, 0.25) is 0 Å². The highest BCUT2D eigenvalue weighted by Crippen LogP contribution is 2.40. The Labute approximate surface area is 143 Å². The largest absolute Gasteiger partial charge is 0.337 e. The molecule has 1 amide bonds. The maximum atomic E-state index is 13.2. The predicted molar refractivity (Wildman–Crippen MR) is 94.5 cm³/mol. The molecule has 1 aliphatic carbocycles. The van der Waals surface area contributed by atoms with Gasteiger partial charge >= 0.3 is 0 Å². The second kappa shape index (κ2) is 6.42. The van der Waals surface area contributed by atoms with Crippen LogP contribution in [-0.2, 0) is 0 Å². The van der Waals surface area contributed by atoms with Gasteiger partial charge in [-0.3, -0.25) is 4.79 Å². The van der Waals surface area contributed by atoms with Gasteiger partial charge in [0.15, 0.2) is 0 Å². The van der Waals surface area contributed by atoms with Gasteiger partial charge < -0.3 is 4.90 Å². The average Bonchev–Trinajstić information content (AvgIpc) is 3.39. The summed E-state index contributed by atoms with van der Waals surface area (Å²) in [5.41, 5.74) is 2.76. The number of nitrogens with zero attached hydrogens (tertiary/aromatic N) is 3. The zero-order chi connectivity index (χ0) is 16.5. The molecule has 0 spiro atoms. The Balaban J connectivity index is 1.67. The van der Waals surface area contributed by atoms with E-state index in [1.54, 1.807) is 0 Å². The van der Waals surface area contributed by atoms with Crippen molar-refractivity contribution in [1.82, 2.24) is 14.7 Å². The fourth-order valence-corrected chi connectivity index (χ4v) is 3.52. The number of carbonyl (C=O) groups is 1. The van der Waals surface area contributed by atoms with Crippen LogP contribution in [-0.4, -0.2) is 33.7 Å². The van der Waals surface area contributed by atoms with Crippen molar-refractivity contribution in [2.45, 2.75) is 44.9 Å². The van der Waals surface area contributed by atoms with Crippen LogP contribution in [0.2, 0.25) is 0 Å². The summed E-state index contributed by atoms with van der Waals surface area (Å²) in [6.45, 7) is 4.01. The van der Waals surface area contributed by atoms with Crippen molar-refractivity contribution < 1.29 is 4.79 Å². The summed E-state index contributed by atoms with van der Waals surface area (Å²) >= 11 is 0. The third-order valence-corrected chi connectivity index (χ3v) is 5.25. The lowest BCUT2D eigenvalue weighted by Crippen LogP contribution is -2.33. The minimum Gasteiger partial charge on any atom is -0.337 e. The summed E-state index contributed by atoms with van der Waals surface area (Å²) in [6, 6.07) is 12.1. The second-order valence-corrected chi connectivity index (χ2v) is 7.30. The molecule has 1 saturated heterocycles. The van der Waals surface area contributed by atoms with Crippen LogP contribution < -0.4 is 0 Å². The molecule has 4 nitrogen and oxygen atoms in total. The smallest absolute Gasteiger partial charge is 0.272 e. The van der Waals surface area contributed by atoms with Crippen molar-refractivity contribution in [2.24, 2.45) is 5.92 Å². The maximum absolute atomic E-state index is 13.2. The third kappa shape index (κ3) is 3.10. The van der Waals surface area contributed by atoms with Crippen molar-refractivity contribution >= 4 is 5.91 Å². The van der Waals surface area contributed by atoms with Crippen LogP contribution >= 0.6 is 0 Å². The number of hydrogen-bond acceptors (Lipinski definition) is 2. The molecule has 0 unspecified atom stereocenters. The average molecular weight is 323 g/mol. The van der Waals surface area contributed by atoms with Crippen molar-refractivity contribution in [3.8, 4) is 5.69 Å². The zero-order valence-electron chi connectivity index (χ0n) is 14.3. The summed E-state index contributed by atoms with van der Waals surface area (Å²) in [6.07, 6.45) is 5.80. The minimum absolute atomic E-state index is 0.132. The van der Waals surface area contributed by atoms with Gasteiger partial charge in [-0.25, -0.2) is 4.68 Å². The predicted octanol–water partition coefficient (Wildman–Crippen LogP) is 4.01. The van der Waals surface area contributed by atoms with E-state index in [9.17, 15) is 4.79 Å². The van der Waals surface area contributed by atoms with Gasteiger partial charge in [-0.05, 0) is 56.2 Å². The van der Waals surface area contributed by atoms with Crippen LogP contribution in [0.25, 0.3) is 5.69 Å². The van der Waals surface area contributed by atoms with Gasteiger partial charge in [0.1, 0.15) is 5.69 Å². The number of amides is 1. The number of para-hydroxylation sites is 1. The van der Waals surface area contributed by atoms with Crippen molar-refractivity contribution in [3.05, 3.63) is 47.8 Å². The summed E-state index contributed by atoms with van der Waals surface area (Å²) in [7, 11) is 0. The lowest BCUT2D eigenvalue weighted by Gasteiger charge is -2.20. The number of carbonyl (C=O) groups excluding carboxylic acids is 1. The molecule has 0 N–H and O–H groups in total. The third-order valence-electron chi connectivity index (χ3n) is 5.25. The Hall–Kier alpha value is -2.10. The highest BCUT2D eigenvalue weighted by atomic mass is 16.2. The molecule has 1 atom stereocenters. The Morgan fingerprint density at radius 3 is 2.62 bits per heavy atom. The Morgan fingerprint density at radius 2 is 1.88 bits per heavy atom. The summed E-state index contributed by atoms with van der Waals surface area (Å²) in [5, 5.41) is 4.77. The number of rotatable bonds is 3. The summed E-state index contributed by atoms with van der Waals surface area (Å²) in [5.74, 6) is 1.39.